The Hall–Kier alpha value is -1.31. The number of fused-ring (bicyclic) bond motifs is 2. The van der Waals surface area contributed by atoms with Gasteiger partial charge in [-0.1, -0.05) is 43.7 Å². The van der Waals surface area contributed by atoms with Crippen LogP contribution >= 0.6 is 0 Å². The van der Waals surface area contributed by atoms with Crippen LogP contribution in [0.1, 0.15) is 63.5 Å². The van der Waals surface area contributed by atoms with Gasteiger partial charge in [-0.3, -0.25) is 4.79 Å². The number of carbonyl (C=O) groups excluding carboxylic acids is 1. The fraction of sp³-hybridized carbons (Fsp3) is 0.696. The van der Waals surface area contributed by atoms with Gasteiger partial charge in [-0.15, -0.1) is 0 Å². The highest BCUT2D eigenvalue weighted by Crippen LogP contribution is 2.56. The van der Waals surface area contributed by atoms with Crippen molar-refractivity contribution in [3.8, 4) is 0 Å². The van der Waals surface area contributed by atoms with E-state index in [1.807, 2.05) is 0 Å². The van der Waals surface area contributed by atoms with Gasteiger partial charge in [-0.05, 0) is 74.7 Å². The Morgan fingerprint density at radius 1 is 1.00 bits per heavy atom. The van der Waals surface area contributed by atoms with Crippen LogP contribution in [0, 0.1) is 30.6 Å². The Bertz CT molecular complexity index is 626. The molecule has 2 bridgehead atoms. The van der Waals surface area contributed by atoms with Gasteiger partial charge in [0, 0.05) is 13.1 Å². The van der Waals surface area contributed by atoms with Crippen LogP contribution in [0.25, 0.3) is 0 Å². The van der Waals surface area contributed by atoms with Crippen LogP contribution in [0.2, 0.25) is 0 Å². The molecular weight excluding hydrogens is 306 g/mol. The van der Waals surface area contributed by atoms with Gasteiger partial charge >= 0.3 is 0 Å². The minimum atomic E-state index is -0.288. The molecule has 1 aromatic rings. The standard InChI is InChI=1S/C23H33NO/c1-16-6-8-20(9-7-16)23(22(25)24-10-4-5-11-24)18(3)14-19-12-17(2)13-21(23)15-19/h6-9,17-19,21H,4-5,10-15H2,1-3H3. The van der Waals surface area contributed by atoms with E-state index in [2.05, 4.69) is 49.9 Å². The van der Waals surface area contributed by atoms with Gasteiger partial charge in [0.1, 0.15) is 0 Å². The first-order chi connectivity index (χ1) is 12.0. The fourth-order valence-electron chi connectivity index (χ4n) is 6.44. The van der Waals surface area contributed by atoms with Crippen molar-refractivity contribution in [1.29, 1.82) is 0 Å². The first kappa shape index (κ1) is 17.1. The van der Waals surface area contributed by atoms with Crippen LogP contribution in [0.3, 0.4) is 0 Å². The highest BCUT2D eigenvalue weighted by Gasteiger charge is 2.57. The minimum absolute atomic E-state index is 0.288. The first-order valence-electron chi connectivity index (χ1n) is 10.4. The van der Waals surface area contributed by atoms with Crippen LogP contribution in [-0.4, -0.2) is 23.9 Å². The zero-order chi connectivity index (χ0) is 17.6. The maximum atomic E-state index is 14.0. The zero-order valence-electron chi connectivity index (χ0n) is 16.1. The molecule has 0 aromatic heterocycles. The second-order valence-electron chi connectivity index (χ2n) is 9.25. The summed E-state index contributed by atoms with van der Waals surface area (Å²) in [5, 5.41) is 0. The molecule has 0 N–H and O–H groups in total. The average molecular weight is 340 g/mol. The maximum Gasteiger partial charge on any atom is 0.233 e. The summed E-state index contributed by atoms with van der Waals surface area (Å²) in [5.41, 5.74) is 2.29. The first-order valence-corrected chi connectivity index (χ1v) is 10.4. The number of benzene rings is 1. The molecular formula is C23H33NO. The summed E-state index contributed by atoms with van der Waals surface area (Å²) in [5.74, 6) is 2.99. The summed E-state index contributed by atoms with van der Waals surface area (Å²) in [6.07, 6.45) is 7.40. The largest absolute Gasteiger partial charge is 0.342 e. The van der Waals surface area contributed by atoms with Gasteiger partial charge < -0.3 is 4.90 Å². The van der Waals surface area contributed by atoms with E-state index in [4.69, 9.17) is 0 Å². The Morgan fingerprint density at radius 2 is 1.68 bits per heavy atom. The molecule has 4 rings (SSSR count). The number of likely N-dealkylation sites (tertiary alicyclic amines) is 1. The predicted octanol–water partition coefficient (Wildman–Crippen LogP) is 4.95. The summed E-state index contributed by atoms with van der Waals surface area (Å²) in [6, 6.07) is 8.94. The van der Waals surface area contributed by atoms with Crippen LogP contribution in [-0.2, 0) is 10.2 Å². The van der Waals surface area contributed by atoms with Gasteiger partial charge in [0.2, 0.25) is 5.91 Å². The number of rotatable bonds is 2. The van der Waals surface area contributed by atoms with E-state index in [-0.39, 0.29) is 5.41 Å². The van der Waals surface area contributed by atoms with E-state index in [0.29, 0.717) is 17.7 Å². The van der Waals surface area contributed by atoms with Crippen molar-refractivity contribution in [2.24, 2.45) is 23.7 Å². The fourth-order valence-corrected chi connectivity index (χ4v) is 6.44. The van der Waals surface area contributed by atoms with Crippen molar-refractivity contribution in [3.05, 3.63) is 35.4 Å². The molecule has 5 unspecified atom stereocenters. The Balaban J connectivity index is 1.82. The summed E-state index contributed by atoms with van der Waals surface area (Å²) in [6.45, 7) is 8.83. The van der Waals surface area contributed by atoms with Crippen molar-refractivity contribution in [1.82, 2.24) is 4.90 Å². The number of carbonyl (C=O) groups is 1. The molecule has 2 saturated carbocycles. The van der Waals surface area contributed by atoms with Crippen molar-refractivity contribution < 1.29 is 4.79 Å². The number of nitrogens with zero attached hydrogens (tertiary/aromatic N) is 1. The van der Waals surface area contributed by atoms with Crippen molar-refractivity contribution in [3.63, 3.8) is 0 Å². The third-order valence-electron chi connectivity index (χ3n) is 7.42. The van der Waals surface area contributed by atoms with Gasteiger partial charge in [0.15, 0.2) is 0 Å². The monoisotopic (exact) mass is 339 g/mol. The number of aryl methyl sites for hydroxylation is 1. The number of hydrogen-bond acceptors (Lipinski definition) is 1. The molecule has 1 amide bonds. The summed E-state index contributed by atoms with van der Waals surface area (Å²) < 4.78 is 0. The lowest BCUT2D eigenvalue weighted by Crippen LogP contribution is -2.58. The molecule has 2 heteroatoms. The topological polar surface area (TPSA) is 20.3 Å². The molecule has 0 spiro atoms. The second-order valence-corrected chi connectivity index (χ2v) is 9.25. The molecule has 25 heavy (non-hydrogen) atoms. The Labute approximate surface area is 153 Å². The number of hydrogen-bond donors (Lipinski definition) is 0. The van der Waals surface area contributed by atoms with E-state index in [0.717, 1.165) is 24.9 Å². The third-order valence-corrected chi connectivity index (χ3v) is 7.42. The lowest BCUT2D eigenvalue weighted by atomic mass is 9.50. The minimum Gasteiger partial charge on any atom is -0.342 e. The summed E-state index contributed by atoms with van der Waals surface area (Å²) in [4.78, 5) is 16.1. The number of amides is 1. The SMILES string of the molecule is Cc1ccc(C2(C(=O)N3CCCC3)C(C)CC3CC(C)CC2C3)cc1. The van der Waals surface area contributed by atoms with Crippen molar-refractivity contribution in [2.45, 2.75) is 64.7 Å². The summed E-state index contributed by atoms with van der Waals surface area (Å²) >= 11 is 0. The molecule has 3 aliphatic rings. The van der Waals surface area contributed by atoms with E-state index in [1.54, 1.807) is 0 Å². The van der Waals surface area contributed by atoms with Crippen molar-refractivity contribution in [2.75, 3.05) is 13.1 Å². The third kappa shape index (κ3) is 2.73. The highest BCUT2D eigenvalue weighted by atomic mass is 16.2. The average Bonchev–Trinajstić information content (AvgIpc) is 3.10. The molecule has 0 radical (unpaired) electrons. The maximum absolute atomic E-state index is 14.0. The van der Waals surface area contributed by atoms with Crippen molar-refractivity contribution >= 4 is 5.91 Å². The van der Waals surface area contributed by atoms with E-state index in [1.165, 1.54) is 49.7 Å². The predicted molar refractivity (Wildman–Crippen MR) is 102 cm³/mol. The normalized spacial score (nSPS) is 38.0. The van der Waals surface area contributed by atoms with Gasteiger partial charge in [0.05, 0.1) is 5.41 Å². The molecule has 2 aliphatic carbocycles. The molecule has 2 nitrogen and oxygen atoms in total. The lowest BCUT2D eigenvalue weighted by Gasteiger charge is -2.55. The van der Waals surface area contributed by atoms with Crippen LogP contribution in [0.5, 0.6) is 0 Å². The molecule has 5 atom stereocenters. The highest BCUT2D eigenvalue weighted by molar-refractivity contribution is 5.89. The van der Waals surface area contributed by atoms with Crippen LogP contribution in [0.15, 0.2) is 24.3 Å². The molecule has 136 valence electrons. The van der Waals surface area contributed by atoms with E-state index < -0.39 is 0 Å². The Morgan fingerprint density at radius 3 is 2.36 bits per heavy atom. The molecule has 1 aliphatic heterocycles. The summed E-state index contributed by atoms with van der Waals surface area (Å²) in [7, 11) is 0. The quantitative estimate of drug-likeness (QED) is 0.747. The molecule has 1 saturated heterocycles. The van der Waals surface area contributed by atoms with Gasteiger partial charge in [0.25, 0.3) is 0 Å². The molecule has 1 aromatic carbocycles. The van der Waals surface area contributed by atoms with E-state index in [9.17, 15) is 4.79 Å². The Kier molecular flexibility index (Phi) is 4.42. The second kappa shape index (κ2) is 6.45. The smallest absolute Gasteiger partial charge is 0.233 e. The van der Waals surface area contributed by atoms with Crippen LogP contribution in [0.4, 0.5) is 0 Å². The van der Waals surface area contributed by atoms with Gasteiger partial charge in [-0.2, -0.15) is 0 Å². The van der Waals surface area contributed by atoms with Gasteiger partial charge in [-0.25, -0.2) is 0 Å². The molecule has 3 fully saturated rings. The molecule has 1 heterocycles. The lowest BCUT2D eigenvalue weighted by molar-refractivity contribution is -0.146. The zero-order valence-corrected chi connectivity index (χ0v) is 16.1. The van der Waals surface area contributed by atoms with E-state index >= 15 is 0 Å². The van der Waals surface area contributed by atoms with Crippen LogP contribution < -0.4 is 0 Å².